The van der Waals surface area contributed by atoms with E-state index in [1.807, 2.05) is 0 Å². The maximum absolute atomic E-state index is 10.7. The second-order valence-electron chi connectivity index (χ2n) is 1.87. The summed E-state index contributed by atoms with van der Waals surface area (Å²) >= 11 is -1.46. The van der Waals surface area contributed by atoms with Gasteiger partial charge in [0.1, 0.15) is 8.42 Å². The average Bonchev–Trinajstić information content (AvgIpc) is 2.30. The Morgan fingerprint density at radius 1 is 1.50 bits per heavy atom. The number of thiophene rings is 1. The normalized spacial score (nSPS) is 14.5. The predicted octanol–water partition coefficient (Wildman–Crippen LogP) is -0.0239. The highest BCUT2D eigenvalue weighted by Crippen LogP contribution is 2.22. The van der Waals surface area contributed by atoms with Gasteiger partial charge in [0.15, 0.2) is 11.1 Å². The standard InChI is InChI=1S/C4H5NO4S3/c5-12(8,9)4-2-1-3(10-4)11(6)7/h1-2H,(H,6,7)(H2,5,8,9). The highest BCUT2D eigenvalue weighted by Gasteiger charge is 2.13. The van der Waals surface area contributed by atoms with Crippen molar-refractivity contribution in [2.24, 2.45) is 5.14 Å². The van der Waals surface area contributed by atoms with E-state index in [0.29, 0.717) is 11.3 Å². The first-order chi connectivity index (χ1) is 5.41. The molecule has 1 aromatic rings. The molecule has 0 bridgehead atoms. The van der Waals surface area contributed by atoms with Crippen molar-refractivity contribution in [3.05, 3.63) is 12.1 Å². The molecule has 1 aromatic heterocycles. The molecule has 8 heteroatoms. The monoisotopic (exact) mass is 227 g/mol. The first-order valence-corrected chi connectivity index (χ1v) is 6.12. The number of rotatable bonds is 2. The summed E-state index contributed by atoms with van der Waals surface area (Å²) in [5, 5.41) is 4.77. The first kappa shape index (κ1) is 9.81. The van der Waals surface area contributed by atoms with E-state index in [-0.39, 0.29) is 8.42 Å². The molecule has 3 N–H and O–H groups in total. The van der Waals surface area contributed by atoms with Crippen LogP contribution in [-0.2, 0) is 21.1 Å². The Bertz CT molecular complexity index is 406. The predicted molar refractivity (Wildman–Crippen MR) is 44.7 cm³/mol. The lowest BCUT2D eigenvalue weighted by Crippen LogP contribution is -2.09. The van der Waals surface area contributed by atoms with Gasteiger partial charge in [0, 0.05) is 0 Å². The SMILES string of the molecule is NS(=O)(=O)c1ccc(S(=O)O)s1. The van der Waals surface area contributed by atoms with E-state index in [0.717, 1.165) is 0 Å². The van der Waals surface area contributed by atoms with E-state index < -0.39 is 21.1 Å². The molecule has 0 aromatic carbocycles. The Kier molecular flexibility index (Phi) is 2.64. The number of sulfonamides is 1. The second kappa shape index (κ2) is 3.23. The van der Waals surface area contributed by atoms with Gasteiger partial charge in [-0.05, 0) is 12.1 Å². The minimum absolute atomic E-state index is 0.0685. The number of hydrogen-bond acceptors (Lipinski definition) is 4. The van der Waals surface area contributed by atoms with Crippen LogP contribution >= 0.6 is 11.3 Å². The number of primary sulfonamides is 1. The van der Waals surface area contributed by atoms with Crippen LogP contribution < -0.4 is 5.14 Å². The summed E-state index contributed by atoms with van der Waals surface area (Å²) in [5.74, 6) is 0. The van der Waals surface area contributed by atoms with Crippen LogP contribution in [0, 0.1) is 0 Å². The van der Waals surface area contributed by atoms with E-state index in [2.05, 4.69) is 0 Å². The Labute approximate surface area is 75.5 Å². The van der Waals surface area contributed by atoms with Gasteiger partial charge in [0.2, 0.25) is 10.0 Å². The Balaban J connectivity index is 3.17. The maximum Gasteiger partial charge on any atom is 0.247 e. The molecule has 1 atom stereocenters. The topological polar surface area (TPSA) is 97.5 Å². The van der Waals surface area contributed by atoms with E-state index in [9.17, 15) is 12.6 Å². The molecule has 0 radical (unpaired) electrons. The molecular weight excluding hydrogens is 222 g/mol. The zero-order chi connectivity index (χ0) is 9.35. The zero-order valence-electron chi connectivity index (χ0n) is 5.63. The fourth-order valence-electron chi connectivity index (χ4n) is 0.550. The van der Waals surface area contributed by atoms with E-state index >= 15 is 0 Å². The fraction of sp³-hybridized carbons (Fsp3) is 0. The van der Waals surface area contributed by atoms with Crippen molar-refractivity contribution >= 4 is 32.4 Å². The Morgan fingerprint density at radius 3 is 2.33 bits per heavy atom. The van der Waals surface area contributed by atoms with Gasteiger partial charge in [-0.15, -0.1) is 11.3 Å². The van der Waals surface area contributed by atoms with Gasteiger partial charge in [0.25, 0.3) is 0 Å². The largest absolute Gasteiger partial charge is 0.302 e. The number of hydrogen-bond donors (Lipinski definition) is 2. The van der Waals surface area contributed by atoms with Gasteiger partial charge in [0.05, 0.1) is 0 Å². The summed E-state index contributed by atoms with van der Waals surface area (Å²) in [5.41, 5.74) is 0. The zero-order valence-corrected chi connectivity index (χ0v) is 8.08. The smallest absolute Gasteiger partial charge is 0.247 e. The number of nitrogens with two attached hydrogens (primary N) is 1. The Hall–Kier alpha value is -0.280. The molecule has 0 aliphatic carbocycles. The molecule has 0 saturated carbocycles. The van der Waals surface area contributed by atoms with Crippen LogP contribution in [0.15, 0.2) is 20.6 Å². The molecule has 5 nitrogen and oxygen atoms in total. The summed E-state index contributed by atoms with van der Waals surface area (Å²) in [6.45, 7) is 0. The lowest BCUT2D eigenvalue weighted by atomic mass is 10.7. The molecular formula is C4H5NO4S3. The molecule has 68 valence electrons. The first-order valence-electron chi connectivity index (χ1n) is 2.65. The van der Waals surface area contributed by atoms with Crippen LogP contribution in [0.2, 0.25) is 0 Å². The van der Waals surface area contributed by atoms with E-state index in [4.69, 9.17) is 9.69 Å². The summed E-state index contributed by atoms with van der Waals surface area (Å²) in [6, 6.07) is 2.45. The summed E-state index contributed by atoms with van der Waals surface area (Å²) in [4.78, 5) is 0. The maximum atomic E-state index is 10.7. The minimum atomic E-state index is -3.74. The molecule has 0 fully saturated rings. The highest BCUT2D eigenvalue weighted by atomic mass is 32.3. The third-order valence-electron chi connectivity index (χ3n) is 1.01. The summed E-state index contributed by atoms with van der Waals surface area (Å²) in [6.07, 6.45) is 0. The fourth-order valence-corrected chi connectivity index (χ4v) is 2.91. The van der Waals surface area contributed by atoms with Crippen LogP contribution in [0.3, 0.4) is 0 Å². The second-order valence-corrected chi connectivity index (χ2v) is 5.94. The van der Waals surface area contributed by atoms with Gasteiger partial charge in [-0.2, -0.15) is 0 Å². The van der Waals surface area contributed by atoms with Crippen molar-refractivity contribution < 1.29 is 17.2 Å². The van der Waals surface area contributed by atoms with E-state index in [1.54, 1.807) is 0 Å². The van der Waals surface area contributed by atoms with Gasteiger partial charge < -0.3 is 4.55 Å². The minimum Gasteiger partial charge on any atom is -0.302 e. The van der Waals surface area contributed by atoms with Crippen LogP contribution in [0.5, 0.6) is 0 Å². The molecule has 1 heterocycles. The lowest BCUT2D eigenvalue weighted by molar-refractivity contribution is 0.566. The molecule has 0 aliphatic heterocycles. The van der Waals surface area contributed by atoms with Crippen LogP contribution in [0.4, 0.5) is 0 Å². The Morgan fingerprint density at radius 2 is 2.08 bits per heavy atom. The third kappa shape index (κ3) is 2.11. The van der Waals surface area contributed by atoms with Crippen LogP contribution in [-0.4, -0.2) is 17.2 Å². The highest BCUT2D eigenvalue weighted by molar-refractivity contribution is 7.91. The van der Waals surface area contributed by atoms with Crippen molar-refractivity contribution in [3.8, 4) is 0 Å². The van der Waals surface area contributed by atoms with Crippen molar-refractivity contribution in [1.82, 2.24) is 0 Å². The molecule has 0 aliphatic rings. The average molecular weight is 227 g/mol. The van der Waals surface area contributed by atoms with Gasteiger partial charge in [-0.3, -0.25) is 0 Å². The van der Waals surface area contributed by atoms with Gasteiger partial charge >= 0.3 is 0 Å². The lowest BCUT2D eigenvalue weighted by Gasteiger charge is -1.88. The molecule has 0 amide bonds. The van der Waals surface area contributed by atoms with E-state index in [1.165, 1.54) is 12.1 Å². The molecule has 0 spiro atoms. The summed E-state index contributed by atoms with van der Waals surface area (Å²) in [7, 11) is -3.74. The van der Waals surface area contributed by atoms with Crippen LogP contribution in [0.1, 0.15) is 0 Å². The van der Waals surface area contributed by atoms with Crippen molar-refractivity contribution in [2.45, 2.75) is 8.42 Å². The summed E-state index contributed by atoms with van der Waals surface area (Å²) < 4.78 is 40.3. The van der Waals surface area contributed by atoms with Crippen molar-refractivity contribution in [2.75, 3.05) is 0 Å². The molecule has 1 unspecified atom stereocenters. The molecule has 1 rings (SSSR count). The molecule has 12 heavy (non-hydrogen) atoms. The van der Waals surface area contributed by atoms with Gasteiger partial charge in [-0.25, -0.2) is 17.8 Å². The van der Waals surface area contributed by atoms with Gasteiger partial charge in [-0.1, -0.05) is 0 Å². The quantitative estimate of drug-likeness (QED) is 0.693. The molecule has 0 saturated heterocycles. The third-order valence-corrected chi connectivity index (χ3v) is 4.49. The van der Waals surface area contributed by atoms with Crippen LogP contribution in [0.25, 0.3) is 0 Å². The van der Waals surface area contributed by atoms with Crippen molar-refractivity contribution in [3.63, 3.8) is 0 Å². The van der Waals surface area contributed by atoms with Crippen molar-refractivity contribution in [1.29, 1.82) is 0 Å².